The van der Waals surface area contributed by atoms with Crippen molar-refractivity contribution >= 4 is 12.2 Å². The molecule has 1 aliphatic rings. The maximum atomic E-state index is 5.38. The highest BCUT2D eigenvalue weighted by Crippen LogP contribution is 2.32. The Hall–Kier alpha value is -4.26. The minimum Gasteiger partial charge on any atom is -0.454 e. The van der Waals surface area contributed by atoms with Crippen molar-refractivity contribution in [1.29, 1.82) is 0 Å². The van der Waals surface area contributed by atoms with Crippen molar-refractivity contribution < 1.29 is 9.47 Å². The highest BCUT2D eigenvalue weighted by molar-refractivity contribution is 5.82. The number of ether oxygens (including phenoxy) is 2. The van der Waals surface area contributed by atoms with Crippen LogP contribution in [-0.2, 0) is 0 Å². The molecule has 1 aromatic heterocycles. The molecule has 0 radical (unpaired) electrons. The molecule has 0 atom stereocenters. The summed E-state index contributed by atoms with van der Waals surface area (Å²) in [5.41, 5.74) is 7.08. The van der Waals surface area contributed by atoms with Crippen LogP contribution in [0.1, 0.15) is 5.56 Å². The number of hydrogen-bond acceptors (Lipinski definition) is 7. The van der Waals surface area contributed by atoms with Gasteiger partial charge in [0, 0.05) is 11.1 Å². The van der Waals surface area contributed by atoms with Gasteiger partial charge < -0.3 is 9.47 Å². The monoisotopic (exact) mass is 395 g/mol. The van der Waals surface area contributed by atoms with Gasteiger partial charge in [-0.05, 0) is 23.8 Å². The average Bonchev–Trinajstić information content (AvgIpc) is 3.28. The predicted molar refractivity (Wildman–Crippen MR) is 114 cm³/mol. The SMILES string of the molecule is C(=N/Nc1nnc(-c2ccccc2)c(-c2ccccc2)n1)/c1ccc2c(c1)OCO2. The van der Waals surface area contributed by atoms with E-state index in [1.54, 1.807) is 6.21 Å². The van der Waals surface area contributed by atoms with Gasteiger partial charge in [0.05, 0.1) is 6.21 Å². The fourth-order valence-electron chi connectivity index (χ4n) is 3.12. The van der Waals surface area contributed by atoms with Crippen LogP contribution in [0.5, 0.6) is 11.5 Å². The standard InChI is InChI=1S/C23H17N5O2/c1-3-7-17(8-4-1)21-22(18-9-5-2-6-10-18)26-28-23(25-21)27-24-14-16-11-12-19-20(13-16)30-15-29-19/h1-14H,15H2,(H,25,27,28)/b24-14-. The van der Waals surface area contributed by atoms with Crippen molar-refractivity contribution in [1.82, 2.24) is 15.2 Å². The zero-order chi connectivity index (χ0) is 20.2. The fourth-order valence-corrected chi connectivity index (χ4v) is 3.12. The third-order valence-corrected chi connectivity index (χ3v) is 4.56. The third-order valence-electron chi connectivity index (χ3n) is 4.56. The van der Waals surface area contributed by atoms with E-state index < -0.39 is 0 Å². The van der Waals surface area contributed by atoms with Crippen molar-refractivity contribution in [3.05, 3.63) is 84.4 Å². The number of anilines is 1. The van der Waals surface area contributed by atoms with Crippen LogP contribution in [-0.4, -0.2) is 28.2 Å². The first-order chi connectivity index (χ1) is 14.9. The average molecular weight is 395 g/mol. The van der Waals surface area contributed by atoms with E-state index in [0.29, 0.717) is 17.4 Å². The van der Waals surface area contributed by atoms with Crippen LogP contribution in [0.3, 0.4) is 0 Å². The second-order valence-electron chi connectivity index (χ2n) is 6.55. The number of fused-ring (bicyclic) bond motifs is 1. The highest BCUT2D eigenvalue weighted by Gasteiger charge is 2.14. The number of hydrazone groups is 1. The van der Waals surface area contributed by atoms with Crippen LogP contribution in [0.25, 0.3) is 22.5 Å². The Balaban J connectivity index is 1.43. The summed E-state index contributed by atoms with van der Waals surface area (Å²) in [4.78, 5) is 4.67. The molecular weight excluding hydrogens is 378 g/mol. The Kier molecular flexibility index (Phi) is 4.75. The summed E-state index contributed by atoms with van der Waals surface area (Å²) >= 11 is 0. The topological polar surface area (TPSA) is 81.5 Å². The van der Waals surface area contributed by atoms with E-state index in [1.807, 2.05) is 78.9 Å². The molecule has 0 aliphatic carbocycles. The summed E-state index contributed by atoms with van der Waals surface area (Å²) in [5.74, 6) is 1.75. The summed E-state index contributed by atoms with van der Waals surface area (Å²) in [5, 5.41) is 12.9. The van der Waals surface area contributed by atoms with Crippen LogP contribution < -0.4 is 14.9 Å². The Morgan fingerprint density at radius 1 is 0.767 bits per heavy atom. The van der Waals surface area contributed by atoms with E-state index in [0.717, 1.165) is 28.1 Å². The summed E-state index contributed by atoms with van der Waals surface area (Å²) in [6, 6.07) is 25.4. The molecule has 4 aromatic rings. The lowest BCUT2D eigenvalue weighted by atomic mass is 10.0. The van der Waals surface area contributed by atoms with Crippen molar-refractivity contribution in [3.8, 4) is 34.0 Å². The van der Waals surface area contributed by atoms with E-state index in [-0.39, 0.29) is 6.79 Å². The second-order valence-corrected chi connectivity index (χ2v) is 6.55. The maximum Gasteiger partial charge on any atom is 0.263 e. The van der Waals surface area contributed by atoms with E-state index in [2.05, 4.69) is 25.7 Å². The van der Waals surface area contributed by atoms with E-state index in [9.17, 15) is 0 Å². The normalized spacial score (nSPS) is 12.3. The van der Waals surface area contributed by atoms with Crippen molar-refractivity contribution in [2.45, 2.75) is 0 Å². The lowest BCUT2D eigenvalue weighted by Crippen LogP contribution is -2.03. The van der Waals surface area contributed by atoms with Gasteiger partial charge in [0.1, 0.15) is 11.4 Å². The molecule has 0 saturated heterocycles. The Bertz CT molecular complexity index is 1200. The van der Waals surface area contributed by atoms with Crippen LogP contribution >= 0.6 is 0 Å². The number of aromatic nitrogens is 3. The lowest BCUT2D eigenvalue weighted by Gasteiger charge is -2.09. The molecule has 0 saturated carbocycles. The first-order valence-electron chi connectivity index (χ1n) is 9.41. The number of benzene rings is 3. The fraction of sp³-hybridized carbons (Fsp3) is 0.0435. The van der Waals surface area contributed by atoms with Crippen LogP contribution in [0, 0.1) is 0 Å². The molecule has 7 nitrogen and oxygen atoms in total. The highest BCUT2D eigenvalue weighted by atomic mass is 16.7. The maximum absolute atomic E-state index is 5.38. The summed E-state index contributed by atoms with van der Waals surface area (Å²) in [6.07, 6.45) is 1.67. The smallest absolute Gasteiger partial charge is 0.263 e. The molecule has 0 unspecified atom stereocenters. The molecular formula is C23H17N5O2. The summed E-state index contributed by atoms with van der Waals surface area (Å²) in [7, 11) is 0. The number of hydrogen-bond donors (Lipinski definition) is 1. The molecule has 0 bridgehead atoms. The summed E-state index contributed by atoms with van der Waals surface area (Å²) < 4.78 is 10.7. The van der Waals surface area contributed by atoms with Gasteiger partial charge in [-0.1, -0.05) is 60.7 Å². The van der Waals surface area contributed by atoms with Crippen LogP contribution in [0.2, 0.25) is 0 Å². The molecule has 2 heterocycles. The van der Waals surface area contributed by atoms with Gasteiger partial charge in [-0.15, -0.1) is 10.2 Å². The van der Waals surface area contributed by atoms with E-state index in [4.69, 9.17) is 9.47 Å². The first kappa shape index (κ1) is 17.8. The minimum atomic E-state index is 0.240. The number of nitrogens with zero attached hydrogens (tertiary/aromatic N) is 4. The molecule has 7 heteroatoms. The minimum absolute atomic E-state index is 0.240. The van der Waals surface area contributed by atoms with Gasteiger partial charge in [-0.25, -0.2) is 10.4 Å². The van der Waals surface area contributed by atoms with Crippen LogP contribution in [0.4, 0.5) is 5.95 Å². The second kappa shape index (κ2) is 8.00. The largest absolute Gasteiger partial charge is 0.454 e. The Morgan fingerprint density at radius 3 is 2.23 bits per heavy atom. The number of rotatable bonds is 5. The predicted octanol–water partition coefficient (Wildman–Crippen LogP) is 4.38. The Labute approximate surface area is 173 Å². The van der Waals surface area contributed by atoms with Gasteiger partial charge >= 0.3 is 0 Å². The van der Waals surface area contributed by atoms with Crippen molar-refractivity contribution in [2.24, 2.45) is 5.10 Å². The molecule has 30 heavy (non-hydrogen) atoms. The summed E-state index contributed by atoms with van der Waals surface area (Å²) in [6.45, 7) is 0.240. The molecule has 5 rings (SSSR count). The van der Waals surface area contributed by atoms with Gasteiger partial charge in [-0.2, -0.15) is 5.10 Å². The quantitative estimate of drug-likeness (QED) is 0.399. The third kappa shape index (κ3) is 3.68. The molecule has 0 amide bonds. The van der Waals surface area contributed by atoms with Crippen LogP contribution in [0.15, 0.2) is 84.0 Å². The Morgan fingerprint density at radius 2 is 1.47 bits per heavy atom. The zero-order valence-electron chi connectivity index (χ0n) is 15.9. The molecule has 0 spiro atoms. The van der Waals surface area contributed by atoms with Gasteiger partial charge in [-0.3, -0.25) is 0 Å². The first-order valence-corrected chi connectivity index (χ1v) is 9.41. The van der Waals surface area contributed by atoms with Crippen molar-refractivity contribution in [2.75, 3.05) is 12.2 Å². The molecule has 1 aliphatic heterocycles. The van der Waals surface area contributed by atoms with E-state index in [1.165, 1.54) is 0 Å². The molecule has 3 aromatic carbocycles. The zero-order valence-corrected chi connectivity index (χ0v) is 15.9. The van der Waals surface area contributed by atoms with Gasteiger partial charge in [0.2, 0.25) is 6.79 Å². The lowest BCUT2D eigenvalue weighted by molar-refractivity contribution is 0.174. The van der Waals surface area contributed by atoms with E-state index >= 15 is 0 Å². The molecule has 1 N–H and O–H groups in total. The molecule has 146 valence electrons. The van der Waals surface area contributed by atoms with Gasteiger partial charge in [0.25, 0.3) is 5.95 Å². The molecule has 0 fully saturated rings. The van der Waals surface area contributed by atoms with Gasteiger partial charge in [0.15, 0.2) is 11.5 Å². The number of nitrogens with one attached hydrogen (secondary N) is 1. The van der Waals surface area contributed by atoms with Crippen molar-refractivity contribution in [3.63, 3.8) is 0 Å².